The first-order chi connectivity index (χ1) is 10.3. The van der Waals surface area contributed by atoms with Crippen molar-refractivity contribution in [1.29, 1.82) is 0 Å². The highest BCUT2D eigenvalue weighted by molar-refractivity contribution is 5.45. The molecule has 0 bridgehead atoms. The van der Waals surface area contributed by atoms with Crippen molar-refractivity contribution in [3.8, 4) is 0 Å². The van der Waals surface area contributed by atoms with Gasteiger partial charge < -0.3 is 9.84 Å². The van der Waals surface area contributed by atoms with Gasteiger partial charge in [0, 0.05) is 19.6 Å². The second-order valence-corrected chi connectivity index (χ2v) is 7.00. The molecule has 1 aliphatic rings. The van der Waals surface area contributed by atoms with E-state index in [4.69, 9.17) is 4.74 Å². The molecule has 0 spiro atoms. The summed E-state index contributed by atoms with van der Waals surface area (Å²) in [6.07, 6.45) is 0.965. The maximum Gasteiger partial charge on any atom is 0.0807 e. The number of benzene rings is 1. The van der Waals surface area contributed by atoms with Gasteiger partial charge in [-0.1, -0.05) is 6.07 Å². The van der Waals surface area contributed by atoms with Crippen LogP contribution in [0.2, 0.25) is 0 Å². The average Bonchev–Trinajstić information content (AvgIpc) is 2.42. The second kappa shape index (κ2) is 7.12. The molecule has 0 radical (unpaired) electrons. The van der Waals surface area contributed by atoms with Gasteiger partial charge in [0.15, 0.2) is 0 Å². The van der Waals surface area contributed by atoms with Crippen LogP contribution < -0.4 is 0 Å². The summed E-state index contributed by atoms with van der Waals surface area (Å²) >= 11 is 0. The van der Waals surface area contributed by atoms with Crippen molar-refractivity contribution in [2.45, 2.75) is 66.3 Å². The minimum Gasteiger partial charge on any atom is -0.388 e. The smallest absolute Gasteiger partial charge is 0.0807 e. The van der Waals surface area contributed by atoms with Crippen molar-refractivity contribution in [3.05, 3.63) is 33.9 Å². The Labute approximate surface area is 135 Å². The standard InChI is InChI=1S/C19H31NO2/c1-12-9-13(2)17(6)19(16(12)5)18(21)7-8-20-10-14(3)22-15(4)11-20/h9,14-15,18,21H,7-8,10-11H2,1-6H3. The van der Waals surface area contributed by atoms with E-state index >= 15 is 0 Å². The van der Waals surface area contributed by atoms with Crippen LogP contribution in [0.4, 0.5) is 0 Å². The predicted octanol–water partition coefficient (Wildman–Crippen LogP) is 3.45. The first kappa shape index (κ1) is 17.5. The lowest BCUT2D eigenvalue weighted by atomic mass is 9.90. The first-order valence-corrected chi connectivity index (χ1v) is 8.42. The third-order valence-corrected chi connectivity index (χ3v) is 4.97. The number of aliphatic hydroxyl groups is 1. The molecule has 1 aromatic rings. The molecule has 2 rings (SSSR count). The molecule has 1 fully saturated rings. The van der Waals surface area contributed by atoms with E-state index in [2.05, 4.69) is 52.5 Å². The molecule has 22 heavy (non-hydrogen) atoms. The normalized spacial score (nSPS) is 24.5. The fraction of sp³-hybridized carbons (Fsp3) is 0.684. The Morgan fingerprint density at radius 1 is 1.09 bits per heavy atom. The molecule has 3 heteroatoms. The Balaban J connectivity index is 2.05. The molecule has 0 aromatic heterocycles. The summed E-state index contributed by atoms with van der Waals surface area (Å²) < 4.78 is 5.77. The molecular formula is C19H31NO2. The van der Waals surface area contributed by atoms with Gasteiger partial charge in [0.1, 0.15) is 0 Å². The number of aryl methyl sites for hydroxylation is 2. The monoisotopic (exact) mass is 305 g/mol. The summed E-state index contributed by atoms with van der Waals surface area (Å²) in [6, 6.07) is 2.21. The highest BCUT2D eigenvalue weighted by atomic mass is 16.5. The van der Waals surface area contributed by atoms with Crippen LogP contribution >= 0.6 is 0 Å². The summed E-state index contributed by atoms with van der Waals surface area (Å²) in [5.74, 6) is 0. The molecule has 124 valence electrons. The van der Waals surface area contributed by atoms with Crippen LogP contribution in [0.1, 0.15) is 54.2 Å². The Hall–Kier alpha value is -0.900. The minimum atomic E-state index is -0.382. The third-order valence-electron chi connectivity index (χ3n) is 4.97. The number of aliphatic hydroxyl groups excluding tert-OH is 1. The molecule has 1 saturated heterocycles. The SMILES string of the molecule is Cc1cc(C)c(C)c(C(O)CCN2CC(C)OC(C)C2)c1C. The van der Waals surface area contributed by atoms with Crippen LogP contribution in [0.15, 0.2) is 6.07 Å². The molecule has 1 aromatic carbocycles. The number of rotatable bonds is 4. The zero-order chi connectivity index (χ0) is 16.4. The fourth-order valence-corrected chi connectivity index (χ4v) is 3.66. The molecule has 0 amide bonds. The molecule has 0 aliphatic carbocycles. The topological polar surface area (TPSA) is 32.7 Å². The van der Waals surface area contributed by atoms with Crippen molar-refractivity contribution in [3.63, 3.8) is 0 Å². The van der Waals surface area contributed by atoms with Crippen molar-refractivity contribution in [2.75, 3.05) is 19.6 Å². The van der Waals surface area contributed by atoms with E-state index in [1.54, 1.807) is 0 Å². The molecule has 3 unspecified atom stereocenters. The summed E-state index contributed by atoms with van der Waals surface area (Å²) in [7, 11) is 0. The summed E-state index contributed by atoms with van der Waals surface area (Å²) in [5, 5.41) is 10.7. The van der Waals surface area contributed by atoms with Crippen LogP contribution in [0.25, 0.3) is 0 Å². The summed E-state index contributed by atoms with van der Waals surface area (Å²) in [5.41, 5.74) is 6.14. The van der Waals surface area contributed by atoms with Gasteiger partial charge in [-0.15, -0.1) is 0 Å². The molecule has 1 aliphatic heterocycles. The predicted molar refractivity (Wildman–Crippen MR) is 91.4 cm³/mol. The number of hydrogen-bond donors (Lipinski definition) is 1. The maximum absolute atomic E-state index is 10.7. The Kier molecular flexibility index (Phi) is 5.65. The molecule has 3 nitrogen and oxygen atoms in total. The van der Waals surface area contributed by atoms with Crippen LogP contribution in [0, 0.1) is 27.7 Å². The summed E-state index contributed by atoms with van der Waals surface area (Å²) in [6.45, 7) is 15.6. The number of hydrogen-bond acceptors (Lipinski definition) is 3. The Morgan fingerprint density at radius 2 is 1.59 bits per heavy atom. The molecule has 1 N–H and O–H groups in total. The molecule has 1 heterocycles. The van der Waals surface area contributed by atoms with Crippen molar-refractivity contribution in [1.82, 2.24) is 4.90 Å². The Morgan fingerprint density at radius 3 is 2.09 bits per heavy atom. The molecule has 0 saturated carbocycles. The van der Waals surface area contributed by atoms with Crippen LogP contribution in [-0.4, -0.2) is 41.8 Å². The lowest BCUT2D eigenvalue weighted by molar-refractivity contribution is -0.0703. The van der Waals surface area contributed by atoms with Gasteiger partial charge in [0.2, 0.25) is 0 Å². The van der Waals surface area contributed by atoms with Gasteiger partial charge in [-0.2, -0.15) is 0 Å². The number of morpholine rings is 1. The van der Waals surface area contributed by atoms with Gasteiger partial charge in [0.05, 0.1) is 18.3 Å². The van der Waals surface area contributed by atoms with Crippen molar-refractivity contribution >= 4 is 0 Å². The Bertz CT molecular complexity index is 490. The van der Waals surface area contributed by atoms with E-state index in [0.29, 0.717) is 0 Å². The lowest BCUT2D eigenvalue weighted by Crippen LogP contribution is -2.45. The van der Waals surface area contributed by atoms with Gasteiger partial charge in [-0.25, -0.2) is 0 Å². The fourth-order valence-electron chi connectivity index (χ4n) is 3.66. The zero-order valence-corrected chi connectivity index (χ0v) is 14.9. The first-order valence-electron chi connectivity index (χ1n) is 8.42. The third kappa shape index (κ3) is 3.89. The highest BCUT2D eigenvalue weighted by Crippen LogP contribution is 2.29. The largest absolute Gasteiger partial charge is 0.388 e. The van der Waals surface area contributed by atoms with Crippen molar-refractivity contribution < 1.29 is 9.84 Å². The lowest BCUT2D eigenvalue weighted by Gasteiger charge is -2.35. The van der Waals surface area contributed by atoms with Crippen molar-refractivity contribution in [2.24, 2.45) is 0 Å². The van der Waals surface area contributed by atoms with E-state index in [1.807, 2.05) is 0 Å². The van der Waals surface area contributed by atoms with Gasteiger partial charge in [-0.05, 0) is 75.8 Å². The highest BCUT2D eigenvalue weighted by Gasteiger charge is 2.23. The van der Waals surface area contributed by atoms with E-state index in [1.165, 1.54) is 22.3 Å². The van der Waals surface area contributed by atoms with Gasteiger partial charge in [0.25, 0.3) is 0 Å². The number of nitrogens with zero attached hydrogens (tertiary/aromatic N) is 1. The molecular weight excluding hydrogens is 274 g/mol. The minimum absolute atomic E-state index is 0.283. The van der Waals surface area contributed by atoms with Crippen LogP contribution in [0.3, 0.4) is 0 Å². The van der Waals surface area contributed by atoms with Crippen LogP contribution in [-0.2, 0) is 4.74 Å². The maximum atomic E-state index is 10.7. The quantitative estimate of drug-likeness (QED) is 0.925. The second-order valence-electron chi connectivity index (χ2n) is 7.00. The van der Waals surface area contributed by atoms with E-state index in [9.17, 15) is 5.11 Å². The van der Waals surface area contributed by atoms with Gasteiger partial charge >= 0.3 is 0 Å². The van der Waals surface area contributed by atoms with E-state index in [-0.39, 0.29) is 18.3 Å². The van der Waals surface area contributed by atoms with Gasteiger partial charge in [-0.3, -0.25) is 4.90 Å². The number of ether oxygens (including phenoxy) is 1. The molecule has 3 atom stereocenters. The average molecular weight is 305 g/mol. The van der Waals surface area contributed by atoms with E-state index in [0.717, 1.165) is 31.6 Å². The summed E-state index contributed by atoms with van der Waals surface area (Å²) in [4.78, 5) is 2.41. The van der Waals surface area contributed by atoms with E-state index < -0.39 is 0 Å². The zero-order valence-electron chi connectivity index (χ0n) is 14.9. The van der Waals surface area contributed by atoms with Crippen LogP contribution in [0.5, 0.6) is 0 Å².